The summed E-state index contributed by atoms with van der Waals surface area (Å²) in [6.07, 6.45) is 2.36. The van der Waals surface area contributed by atoms with Crippen molar-refractivity contribution in [2.24, 2.45) is 17.3 Å². The molecule has 0 aromatic heterocycles. The lowest BCUT2D eigenvalue weighted by Crippen LogP contribution is -2.30. The predicted molar refractivity (Wildman–Crippen MR) is 54.1 cm³/mol. The Kier molecular flexibility index (Phi) is 4.84. The van der Waals surface area contributed by atoms with Crippen LogP contribution in [0, 0.1) is 17.3 Å². The molecule has 0 radical (unpaired) electrons. The Hall–Kier alpha value is -0.0400. The van der Waals surface area contributed by atoms with Gasteiger partial charge in [-0.1, -0.05) is 47.5 Å². The Morgan fingerprint density at radius 2 is 1.50 bits per heavy atom. The molecule has 0 amide bonds. The average molecular weight is 172 g/mol. The van der Waals surface area contributed by atoms with Crippen molar-refractivity contribution in [2.45, 2.75) is 47.5 Å². The highest BCUT2D eigenvalue weighted by Crippen LogP contribution is 2.34. The first-order chi connectivity index (χ1) is 5.47. The number of aliphatic hydroxyl groups excluding tert-OH is 1. The van der Waals surface area contributed by atoms with E-state index < -0.39 is 0 Å². The molecule has 1 nitrogen and oxygen atoms in total. The van der Waals surface area contributed by atoms with Crippen molar-refractivity contribution in [3.63, 3.8) is 0 Å². The minimum atomic E-state index is 0.242. The third-order valence-corrected chi connectivity index (χ3v) is 2.93. The molecule has 12 heavy (non-hydrogen) atoms. The van der Waals surface area contributed by atoms with E-state index in [0.29, 0.717) is 18.4 Å². The van der Waals surface area contributed by atoms with E-state index in [2.05, 4.69) is 34.6 Å². The number of rotatable bonds is 4. The third kappa shape index (κ3) is 3.14. The summed E-state index contributed by atoms with van der Waals surface area (Å²) in [4.78, 5) is 0. The van der Waals surface area contributed by atoms with Gasteiger partial charge >= 0.3 is 0 Å². The minimum absolute atomic E-state index is 0.242. The molecule has 1 unspecified atom stereocenters. The Balaban J connectivity index is 4.31. The topological polar surface area (TPSA) is 20.2 Å². The SMILES string of the molecule is CCC(CC)C(CO)C(C)(C)C. The van der Waals surface area contributed by atoms with E-state index in [9.17, 15) is 5.11 Å². The van der Waals surface area contributed by atoms with Crippen LogP contribution < -0.4 is 0 Å². The lowest BCUT2D eigenvalue weighted by Gasteiger charge is -2.35. The van der Waals surface area contributed by atoms with Crippen LogP contribution in [0.25, 0.3) is 0 Å². The van der Waals surface area contributed by atoms with Gasteiger partial charge in [-0.2, -0.15) is 0 Å². The van der Waals surface area contributed by atoms with E-state index in [1.165, 1.54) is 12.8 Å². The highest BCUT2D eigenvalue weighted by atomic mass is 16.3. The van der Waals surface area contributed by atoms with Crippen LogP contribution in [-0.4, -0.2) is 11.7 Å². The molecule has 1 heteroatoms. The fourth-order valence-electron chi connectivity index (χ4n) is 1.99. The highest BCUT2D eigenvalue weighted by molar-refractivity contribution is 4.78. The molecule has 0 heterocycles. The largest absolute Gasteiger partial charge is 0.396 e. The van der Waals surface area contributed by atoms with E-state index in [-0.39, 0.29) is 5.41 Å². The Morgan fingerprint density at radius 1 is 1.08 bits per heavy atom. The maximum atomic E-state index is 9.29. The molecule has 0 saturated carbocycles. The fraction of sp³-hybridized carbons (Fsp3) is 1.00. The molecule has 0 saturated heterocycles. The van der Waals surface area contributed by atoms with Crippen LogP contribution in [0.1, 0.15) is 47.5 Å². The van der Waals surface area contributed by atoms with Gasteiger partial charge in [0.05, 0.1) is 0 Å². The fourth-order valence-corrected chi connectivity index (χ4v) is 1.99. The van der Waals surface area contributed by atoms with E-state index >= 15 is 0 Å². The van der Waals surface area contributed by atoms with Crippen molar-refractivity contribution >= 4 is 0 Å². The van der Waals surface area contributed by atoms with E-state index in [1.807, 2.05) is 0 Å². The van der Waals surface area contributed by atoms with Gasteiger partial charge < -0.3 is 5.11 Å². The van der Waals surface area contributed by atoms with Crippen molar-refractivity contribution in [3.05, 3.63) is 0 Å². The summed E-state index contributed by atoms with van der Waals surface area (Å²) >= 11 is 0. The molecular formula is C11H24O. The van der Waals surface area contributed by atoms with Gasteiger partial charge in [0, 0.05) is 6.61 Å². The quantitative estimate of drug-likeness (QED) is 0.691. The van der Waals surface area contributed by atoms with Crippen LogP contribution in [0.2, 0.25) is 0 Å². The number of hydrogen-bond donors (Lipinski definition) is 1. The van der Waals surface area contributed by atoms with Crippen LogP contribution in [0.15, 0.2) is 0 Å². The maximum absolute atomic E-state index is 9.29. The van der Waals surface area contributed by atoms with Gasteiger partial charge in [-0.3, -0.25) is 0 Å². The third-order valence-electron chi connectivity index (χ3n) is 2.93. The Morgan fingerprint density at radius 3 is 1.58 bits per heavy atom. The van der Waals surface area contributed by atoms with Crippen LogP contribution in [0.4, 0.5) is 0 Å². The Bertz CT molecular complexity index is 109. The van der Waals surface area contributed by atoms with Gasteiger partial charge in [-0.25, -0.2) is 0 Å². The molecular weight excluding hydrogens is 148 g/mol. The molecule has 74 valence electrons. The van der Waals surface area contributed by atoms with Crippen LogP contribution in [0.3, 0.4) is 0 Å². The molecule has 0 bridgehead atoms. The van der Waals surface area contributed by atoms with Crippen LogP contribution in [-0.2, 0) is 0 Å². The standard InChI is InChI=1S/C11H24O/c1-6-9(7-2)10(8-12)11(3,4)5/h9-10,12H,6-8H2,1-5H3. The summed E-state index contributed by atoms with van der Waals surface area (Å²) in [5, 5.41) is 9.29. The zero-order chi connectivity index (χ0) is 9.78. The summed E-state index contributed by atoms with van der Waals surface area (Å²) in [6.45, 7) is 11.4. The van der Waals surface area contributed by atoms with Crippen molar-refractivity contribution in [3.8, 4) is 0 Å². The first kappa shape index (κ1) is 12.0. The molecule has 0 rings (SSSR count). The lowest BCUT2D eigenvalue weighted by molar-refractivity contribution is 0.0742. The van der Waals surface area contributed by atoms with Gasteiger partial charge in [0.2, 0.25) is 0 Å². The Labute approximate surface area is 77.2 Å². The molecule has 0 aromatic rings. The maximum Gasteiger partial charge on any atom is 0.0466 e. The molecule has 1 atom stereocenters. The van der Waals surface area contributed by atoms with Crippen LogP contribution >= 0.6 is 0 Å². The first-order valence-corrected chi connectivity index (χ1v) is 5.08. The van der Waals surface area contributed by atoms with Gasteiger partial charge in [-0.05, 0) is 17.3 Å². The van der Waals surface area contributed by atoms with Crippen LogP contribution in [0.5, 0.6) is 0 Å². The summed E-state index contributed by atoms with van der Waals surface area (Å²) in [5.74, 6) is 1.13. The minimum Gasteiger partial charge on any atom is -0.396 e. The van der Waals surface area contributed by atoms with Crippen molar-refractivity contribution in [1.82, 2.24) is 0 Å². The van der Waals surface area contributed by atoms with E-state index in [4.69, 9.17) is 0 Å². The molecule has 1 N–H and O–H groups in total. The second kappa shape index (κ2) is 4.86. The predicted octanol–water partition coefficient (Wildman–Crippen LogP) is 3.08. The zero-order valence-electron chi connectivity index (χ0n) is 9.22. The monoisotopic (exact) mass is 172 g/mol. The summed E-state index contributed by atoms with van der Waals surface area (Å²) < 4.78 is 0. The second-order valence-electron chi connectivity index (χ2n) is 4.73. The highest BCUT2D eigenvalue weighted by Gasteiger charge is 2.29. The normalized spacial score (nSPS) is 15.2. The van der Waals surface area contributed by atoms with Crippen molar-refractivity contribution in [1.29, 1.82) is 0 Å². The van der Waals surface area contributed by atoms with E-state index in [0.717, 1.165) is 0 Å². The number of aliphatic hydroxyl groups is 1. The smallest absolute Gasteiger partial charge is 0.0466 e. The lowest BCUT2D eigenvalue weighted by atomic mass is 9.72. The summed E-state index contributed by atoms with van der Waals surface area (Å²) in [6, 6.07) is 0. The summed E-state index contributed by atoms with van der Waals surface area (Å²) in [5.41, 5.74) is 0.242. The van der Waals surface area contributed by atoms with Crippen molar-refractivity contribution in [2.75, 3.05) is 6.61 Å². The number of hydrogen-bond acceptors (Lipinski definition) is 1. The van der Waals surface area contributed by atoms with Gasteiger partial charge in [-0.15, -0.1) is 0 Å². The van der Waals surface area contributed by atoms with E-state index in [1.54, 1.807) is 0 Å². The second-order valence-corrected chi connectivity index (χ2v) is 4.73. The van der Waals surface area contributed by atoms with Crippen molar-refractivity contribution < 1.29 is 5.11 Å². The average Bonchev–Trinajstić information content (AvgIpc) is 1.97. The zero-order valence-corrected chi connectivity index (χ0v) is 9.22. The van der Waals surface area contributed by atoms with Gasteiger partial charge in [0.25, 0.3) is 0 Å². The first-order valence-electron chi connectivity index (χ1n) is 5.08. The van der Waals surface area contributed by atoms with Gasteiger partial charge in [0.15, 0.2) is 0 Å². The molecule has 0 spiro atoms. The molecule has 0 aliphatic carbocycles. The molecule has 0 aromatic carbocycles. The molecule has 0 aliphatic heterocycles. The van der Waals surface area contributed by atoms with Gasteiger partial charge in [0.1, 0.15) is 0 Å². The summed E-state index contributed by atoms with van der Waals surface area (Å²) in [7, 11) is 0. The molecule has 0 fully saturated rings. The molecule has 0 aliphatic rings.